The summed E-state index contributed by atoms with van der Waals surface area (Å²) >= 11 is 2.04. The van der Waals surface area contributed by atoms with Crippen molar-refractivity contribution in [3.63, 3.8) is 0 Å². The summed E-state index contributed by atoms with van der Waals surface area (Å²) in [4.78, 5) is 10.8. The van der Waals surface area contributed by atoms with Gasteiger partial charge in [-0.2, -0.15) is 0 Å². The number of alkyl halides is 1. The van der Waals surface area contributed by atoms with E-state index in [1.165, 1.54) is 0 Å². The Morgan fingerprint density at radius 2 is 2.60 bits per heavy atom. The zero-order valence-corrected chi connectivity index (χ0v) is 7.59. The number of carbonyl (C=O) groups is 1. The van der Waals surface area contributed by atoms with Crippen LogP contribution in [0.15, 0.2) is 23.9 Å². The predicted molar refractivity (Wildman–Crippen MR) is 48.9 cm³/mol. The van der Waals surface area contributed by atoms with Crippen molar-refractivity contribution >= 4 is 28.5 Å². The van der Waals surface area contributed by atoms with Crippen molar-refractivity contribution in [2.45, 2.75) is 6.42 Å². The van der Waals surface area contributed by atoms with Gasteiger partial charge in [-0.3, -0.25) is 4.79 Å². The summed E-state index contributed by atoms with van der Waals surface area (Å²) in [5.74, 6) is 0.0792. The Morgan fingerprint density at radius 3 is 3.10 bits per heavy atom. The second-order valence-corrected chi connectivity index (χ2v) is 2.77. The first-order valence-electron chi connectivity index (χ1n) is 3.04. The fraction of sp³-hybridized carbons (Fsp3) is 0.286. The lowest BCUT2D eigenvalue weighted by Crippen LogP contribution is -2.22. The highest BCUT2D eigenvalue weighted by Crippen LogP contribution is 2.05. The largest absolute Gasteiger partial charge is 0.329 e. The molecule has 1 rings (SSSR count). The molecule has 0 aliphatic heterocycles. The third-order valence-corrected chi connectivity index (χ3v) is 1.89. The minimum Gasteiger partial charge on any atom is -0.329 e. The van der Waals surface area contributed by atoms with Gasteiger partial charge in [0.2, 0.25) is 5.91 Å². The van der Waals surface area contributed by atoms with E-state index in [0.29, 0.717) is 4.43 Å². The maximum atomic E-state index is 10.8. The number of allylic oxidation sites excluding steroid dienone is 3. The second kappa shape index (κ2) is 3.75. The SMILES string of the molecule is O=C(CI)NC1=CC=CC1. The van der Waals surface area contributed by atoms with Crippen LogP contribution in [0, 0.1) is 0 Å². The van der Waals surface area contributed by atoms with Crippen LogP contribution in [0.2, 0.25) is 0 Å². The van der Waals surface area contributed by atoms with E-state index in [2.05, 4.69) is 5.32 Å². The highest BCUT2D eigenvalue weighted by atomic mass is 127. The Bertz CT molecular complexity index is 196. The predicted octanol–water partition coefficient (Wildman–Crippen LogP) is 1.38. The minimum atomic E-state index is 0.0792. The van der Waals surface area contributed by atoms with Crippen LogP contribution < -0.4 is 5.32 Å². The molecule has 0 atom stereocenters. The lowest BCUT2D eigenvalue weighted by Gasteiger charge is -2.01. The number of amides is 1. The minimum absolute atomic E-state index is 0.0792. The van der Waals surface area contributed by atoms with Crippen molar-refractivity contribution in [1.29, 1.82) is 0 Å². The van der Waals surface area contributed by atoms with E-state index in [0.717, 1.165) is 12.1 Å². The number of halogens is 1. The topological polar surface area (TPSA) is 29.1 Å². The second-order valence-electron chi connectivity index (χ2n) is 2.01. The van der Waals surface area contributed by atoms with Gasteiger partial charge in [-0.05, 0) is 6.08 Å². The standard InChI is InChI=1S/C7H8INO/c8-5-7(10)9-6-3-1-2-4-6/h1-3H,4-5H2,(H,9,10). The summed E-state index contributed by atoms with van der Waals surface area (Å²) in [6.07, 6.45) is 6.75. The number of rotatable bonds is 2. The van der Waals surface area contributed by atoms with Crippen molar-refractivity contribution in [2.24, 2.45) is 0 Å². The molecule has 0 fully saturated rings. The zero-order valence-electron chi connectivity index (χ0n) is 5.43. The Morgan fingerprint density at radius 1 is 1.80 bits per heavy atom. The molecule has 0 saturated heterocycles. The third-order valence-electron chi connectivity index (χ3n) is 1.19. The molecule has 1 N–H and O–H groups in total. The highest BCUT2D eigenvalue weighted by molar-refractivity contribution is 14.1. The van der Waals surface area contributed by atoms with Crippen LogP contribution in [0.3, 0.4) is 0 Å². The van der Waals surface area contributed by atoms with E-state index >= 15 is 0 Å². The van der Waals surface area contributed by atoms with Crippen LogP contribution in [0.25, 0.3) is 0 Å². The molecule has 0 unspecified atom stereocenters. The molecule has 54 valence electrons. The molecule has 0 radical (unpaired) electrons. The molecule has 1 aliphatic carbocycles. The summed E-state index contributed by atoms with van der Waals surface area (Å²) in [5.41, 5.74) is 1.00. The highest BCUT2D eigenvalue weighted by Gasteiger charge is 2.02. The number of hydrogen-bond acceptors (Lipinski definition) is 1. The first kappa shape index (κ1) is 7.78. The van der Waals surface area contributed by atoms with E-state index in [1.807, 2.05) is 40.8 Å². The van der Waals surface area contributed by atoms with Gasteiger partial charge < -0.3 is 5.32 Å². The van der Waals surface area contributed by atoms with Crippen LogP contribution in [0.1, 0.15) is 6.42 Å². The molecule has 1 amide bonds. The van der Waals surface area contributed by atoms with E-state index in [1.54, 1.807) is 0 Å². The molecule has 0 aromatic rings. The van der Waals surface area contributed by atoms with Gasteiger partial charge in [0.1, 0.15) is 0 Å². The van der Waals surface area contributed by atoms with Crippen molar-refractivity contribution < 1.29 is 4.79 Å². The lowest BCUT2D eigenvalue weighted by atomic mass is 10.4. The molecule has 0 bridgehead atoms. The average molecular weight is 249 g/mol. The van der Waals surface area contributed by atoms with Gasteiger partial charge in [0, 0.05) is 12.1 Å². The van der Waals surface area contributed by atoms with Crippen molar-refractivity contribution in [2.75, 3.05) is 4.43 Å². The van der Waals surface area contributed by atoms with E-state index in [9.17, 15) is 4.79 Å². The molecule has 3 heteroatoms. The Hall–Kier alpha value is -0.320. The first-order valence-corrected chi connectivity index (χ1v) is 4.57. The van der Waals surface area contributed by atoms with Crippen molar-refractivity contribution in [3.8, 4) is 0 Å². The summed E-state index contributed by atoms with van der Waals surface area (Å²) < 4.78 is 0.523. The molecule has 0 aromatic heterocycles. The molecule has 0 heterocycles. The number of carbonyl (C=O) groups excluding carboxylic acids is 1. The van der Waals surface area contributed by atoms with Crippen LogP contribution >= 0.6 is 22.6 Å². The quantitative estimate of drug-likeness (QED) is 0.581. The van der Waals surface area contributed by atoms with Crippen molar-refractivity contribution in [1.82, 2.24) is 5.32 Å². The van der Waals surface area contributed by atoms with E-state index < -0.39 is 0 Å². The third kappa shape index (κ3) is 2.13. The molecule has 0 spiro atoms. The van der Waals surface area contributed by atoms with Crippen LogP contribution in [0.4, 0.5) is 0 Å². The Balaban J connectivity index is 2.33. The van der Waals surface area contributed by atoms with Gasteiger partial charge in [0.25, 0.3) is 0 Å². The van der Waals surface area contributed by atoms with Crippen molar-refractivity contribution in [3.05, 3.63) is 23.9 Å². The lowest BCUT2D eigenvalue weighted by molar-refractivity contribution is -0.117. The maximum absolute atomic E-state index is 10.8. The summed E-state index contributed by atoms with van der Waals surface area (Å²) in [7, 11) is 0. The molecule has 2 nitrogen and oxygen atoms in total. The fourth-order valence-electron chi connectivity index (χ4n) is 0.752. The van der Waals surface area contributed by atoms with Gasteiger partial charge in [0.15, 0.2) is 0 Å². The van der Waals surface area contributed by atoms with Gasteiger partial charge in [-0.15, -0.1) is 0 Å². The maximum Gasteiger partial charge on any atom is 0.233 e. The Kier molecular flexibility index (Phi) is 2.92. The summed E-state index contributed by atoms with van der Waals surface area (Å²) in [5, 5.41) is 2.78. The van der Waals surface area contributed by atoms with Crippen LogP contribution in [-0.2, 0) is 4.79 Å². The first-order chi connectivity index (χ1) is 4.83. The molecular formula is C7H8INO. The normalized spacial score (nSPS) is 15.1. The van der Waals surface area contributed by atoms with Gasteiger partial charge in [0.05, 0.1) is 4.43 Å². The zero-order chi connectivity index (χ0) is 7.40. The number of nitrogens with one attached hydrogen (secondary N) is 1. The average Bonchev–Trinajstić information content (AvgIpc) is 2.40. The monoisotopic (exact) mass is 249 g/mol. The molecule has 10 heavy (non-hydrogen) atoms. The molecular weight excluding hydrogens is 241 g/mol. The number of hydrogen-bond donors (Lipinski definition) is 1. The van der Waals surface area contributed by atoms with Gasteiger partial charge in [-0.25, -0.2) is 0 Å². The Labute approximate surface area is 73.5 Å². The molecule has 0 saturated carbocycles. The molecule has 1 aliphatic rings. The fourth-order valence-corrected chi connectivity index (χ4v) is 0.943. The summed E-state index contributed by atoms with van der Waals surface area (Å²) in [6.45, 7) is 0. The molecule has 0 aromatic carbocycles. The summed E-state index contributed by atoms with van der Waals surface area (Å²) in [6, 6.07) is 0. The van der Waals surface area contributed by atoms with Gasteiger partial charge in [-0.1, -0.05) is 34.7 Å². The van der Waals surface area contributed by atoms with E-state index in [-0.39, 0.29) is 5.91 Å². The van der Waals surface area contributed by atoms with E-state index in [4.69, 9.17) is 0 Å². The van der Waals surface area contributed by atoms with Crippen LogP contribution in [-0.4, -0.2) is 10.3 Å². The van der Waals surface area contributed by atoms with Crippen LogP contribution in [0.5, 0.6) is 0 Å². The van der Waals surface area contributed by atoms with Gasteiger partial charge >= 0.3 is 0 Å². The smallest absolute Gasteiger partial charge is 0.233 e.